The SMILES string of the molecule is CCCCC(CC)COc1cc(C)c(OCC(CC)CCCC)cc1C.CCCCCCCCOc1cc(C)c(OCCCCCCCC)cc1C.Cc1cc(OCC2CCCCC2)c(C)cc1OCC1CCCCC1.Cc1cc(OCCC2CCCCC2)c(C)cc1OCCC1CCCCC1. The van der Waals surface area contributed by atoms with Crippen LogP contribution >= 0.6 is 0 Å². The Bertz CT molecular complexity index is 2570. The van der Waals surface area contributed by atoms with Gasteiger partial charge in [-0.1, -0.05) is 247 Å². The Hall–Kier alpha value is -4.72. The lowest BCUT2D eigenvalue weighted by Crippen LogP contribution is -2.16. The highest BCUT2D eigenvalue weighted by Crippen LogP contribution is 2.36. The van der Waals surface area contributed by atoms with Gasteiger partial charge in [0, 0.05) is 0 Å². The van der Waals surface area contributed by atoms with Crippen LogP contribution in [-0.2, 0) is 0 Å². The summed E-state index contributed by atoms with van der Waals surface area (Å²) in [7, 11) is 0. The molecule has 0 bridgehead atoms. The van der Waals surface area contributed by atoms with Crippen molar-refractivity contribution in [3.8, 4) is 46.0 Å². The molecule has 0 saturated heterocycles. The van der Waals surface area contributed by atoms with Gasteiger partial charge in [0.2, 0.25) is 0 Å². The van der Waals surface area contributed by atoms with Crippen LogP contribution in [-0.4, -0.2) is 52.9 Å². The van der Waals surface area contributed by atoms with Crippen molar-refractivity contribution in [2.75, 3.05) is 52.9 Å². The molecule has 0 spiro atoms. The highest BCUT2D eigenvalue weighted by Gasteiger charge is 2.21. The van der Waals surface area contributed by atoms with Gasteiger partial charge in [-0.15, -0.1) is 0 Å². The van der Waals surface area contributed by atoms with Gasteiger partial charge in [-0.3, -0.25) is 0 Å². The monoisotopic (exact) mass is 1410 g/mol. The second-order valence-corrected chi connectivity index (χ2v) is 32.1. The summed E-state index contributed by atoms with van der Waals surface area (Å²) in [5.41, 5.74) is 9.53. The third-order valence-electron chi connectivity index (χ3n) is 22.9. The van der Waals surface area contributed by atoms with Crippen LogP contribution in [0.5, 0.6) is 46.0 Å². The number of ether oxygens (including phenoxy) is 8. The van der Waals surface area contributed by atoms with E-state index in [0.717, 1.165) is 135 Å². The van der Waals surface area contributed by atoms with Gasteiger partial charge in [0.15, 0.2) is 0 Å². The predicted octanol–water partition coefficient (Wildman–Crippen LogP) is 28.5. The molecule has 0 aromatic heterocycles. The molecule has 4 aliphatic carbocycles. The first-order valence-corrected chi connectivity index (χ1v) is 43.2. The van der Waals surface area contributed by atoms with Crippen molar-refractivity contribution >= 4 is 0 Å². The summed E-state index contributed by atoms with van der Waals surface area (Å²) in [6.45, 7) is 37.4. The van der Waals surface area contributed by atoms with Gasteiger partial charge < -0.3 is 37.9 Å². The van der Waals surface area contributed by atoms with Crippen LogP contribution in [0.25, 0.3) is 0 Å². The molecule has 0 heterocycles. The van der Waals surface area contributed by atoms with Crippen LogP contribution in [0.3, 0.4) is 0 Å². The fourth-order valence-corrected chi connectivity index (χ4v) is 15.4. The number of unbranched alkanes of at least 4 members (excludes halogenated alkanes) is 12. The van der Waals surface area contributed by atoms with Crippen LogP contribution in [0, 0.1) is 90.9 Å². The zero-order valence-corrected chi connectivity index (χ0v) is 68.7. The second kappa shape index (κ2) is 54.0. The molecule has 0 amide bonds. The largest absolute Gasteiger partial charge is 0.493 e. The quantitative estimate of drug-likeness (QED) is 0.0406. The summed E-state index contributed by atoms with van der Waals surface area (Å²) >= 11 is 0. The molecular weight excluding hydrogens is 1260 g/mol. The number of hydrogen-bond acceptors (Lipinski definition) is 8. The normalized spacial score (nSPS) is 15.9. The number of rotatable bonds is 44. The number of benzene rings is 4. The van der Waals surface area contributed by atoms with Gasteiger partial charge in [-0.05, 0) is 248 Å². The van der Waals surface area contributed by atoms with E-state index in [4.69, 9.17) is 37.9 Å². The summed E-state index contributed by atoms with van der Waals surface area (Å²) in [5.74, 6) is 12.8. The van der Waals surface area contributed by atoms with E-state index in [-0.39, 0.29) is 0 Å². The first kappa shape index (κ1) is 87.9. The van der Waals surface area contributed by atoms with Crippen LogP contribution in [0.2, 0.25) is 0 Å². The van der Waals surface area contributed by atoms with E-state index in [0.29, 0.717) is 11.8 Å². The van der Waals surface area contributed by atoms with Gasteiger partial charge in [0.05, 0.1) is 52.9 Å². The second-order valence-electron chi connectivity index (χ2n) is 32.1. The Balaban J connectivity index is 0.000000245. The minimum atomic E-state index is 0.662. The van der Waals surface area contributed by atoms with Crippen molar-refractivity contribution in [2.24, 2.45) is 35.5 Å². The molecule has 0 radical (unpaired) electrons. The minimum Gasteiger partial charge on any atom is -0.493 e. The molecule has 4 aromatic rings. The maximum atomic E-state index is 6.17. The molecule has 4 aliphatic rings. The Morgan fingerprint density at radius 2 is 0.490 bits per heavy atom. The third-order valence-corrected chi connectivity index (χ3v) is 22.9. The van der Waals surface area contributed by atoms with Crippen LogP contribution < -0.4 is 37.9 Å². The molecule has 4 saturated carbocycles. The molecule has 4 fully saturated rings. The van der Waals surface area contributed by atoms with E-state index in [2.05, 4.69) is 145 Å². The van der Waals surface area contributed by atoms with Crippen LogP contribution in [0.15, 0.2) is 48.5 Å². The van der Waals surface area contributed by atoms with Crippen molar-refractivity contribution < 1.29 is 37.9 Å². The van der Waals surface area contributed by atoms with E-state index in [9.17, 15) is 0 Å². The fourth-order valence-electron chi connectivity index (χ4n) is 15.4. The molecule has 8 heteroatoms. The molecule has 8 nitrogen and oxygen atoms in total. The van der Waals surface area contributed by atoms with Crippen molar-refractivity contribution in [3.05, 3.63) is 93.0 Å². The molecule has 0 N–H and O–H groups in total. The highest BCUT2D eigenvalue weighted by atomic mass is 16.5. The van der Waals surface area contributed by atoms with Crippen LogP contribution in [0.1, 0.15) is 356 Å². The summed E-state index contributed by atoms with van der Waals surface area (Å²) in [6.07, 6.45) is 55.8. The average molecular weight is 1410 g/mol. The van der Waals surface area contributed by atoms with Crippen LogP contribution in [0.4, 0.5) is 0 Å². The minimum absolute atomic E-state index is 0.662. The predicted molar refractivity (Wildman–Crippen MR) is 437 cm³/mol. The molecular formula is C94H156O8. The Labute approximate surface area is 628 Å². The third kappa shape index (κ3) is 36.0. The summed E-state index contributed by atoms with van der Waals surface area (Å²) in [4.78, 5) is 0. The molecule has 580 valence electrons. The summed E-state index contributed by atoms with van der Waals surface area (Å²) < 4.78 is 48.9. The molecule has 2 unspecified atom stereocenters. The highest BCUT2D eigenvalue weighted by molar-refractivity contribution is 5.48. The van der Waals surface area contributed by atoms with Gasteiger partial charge in [-0.2, -0.15) is 0 Å². The average Bonchev–Trinajstić information content (AvgIpc) is 0.870. The maximum absolute atomic E-state index is 6.17. The van der Waals surface area contributed by atoms with Crippen molar-refractivity contribution in [1.82, 2.24) is 0 Å². The zero-order valence-electron chi connectivity index (χ0n) is 68.7. The van der Waals surface area contributed by atoms with Gasteiger partial charge >= 0.3 is 0 Å². The van der Waals surface area contributed by atoms with Gasteiger partial charge in [-0.25, -0.2) is 0 Å². The van der Waals surface area contributed by atoms with E-state index < -0.39 is 0 Å². The molecule has 102 heavy (non-hydrogen) atoms. The lowest BCUT2D eigenvalue weighted by molar-refractivity contribution is 0.203. The van der Waals surface area contributed by atoms with Crippen molar-refractivity contribution in [1.29, 1.82) is 0 Å². The first-order chi connectivity index (χ1) is 49.7. The molecule has 8 rings (SSSR count). The first-order valence-electron chi connectivity index (χ1n) is 43.2. The lowest BCUT2D eigenvalue weighted by Gasteiger charge is -2.24. The summed E-state index contributed by atoms with van der Waals surface area (Å²) in [6, 6.07) is 17.3. The van der Waals surface area contributed by atoms with Gasteiger partial charge in [0.1, 0.15) is 46.0 Å². The Kier molecular flexibility index (Phi) is 46.5. The summed E-state index contributed by atoms with van der Waals surface area (Å²) in [5, 5.41) is 0. The molecule has 0 aliphatic heterocycles. The van der Waals surface area contributed by atoms with E-state index >= 15 is 0 Å². The number of hydrogen-bond donors (Lipinski definition) is 0. The van der Waals surface area contributed by atoms with Crippen molar-refractivity contribution in [3.63, 3.8) is 0 Å². The van der Waals surface area contributed by atoms with Crippen molar-refractivity contribution in [2.45, 2.75) is 367 Å². The lowest BCUT2D eigenvalue weighted by atomic mass is 9.87. The topological polar surface area (TPSA) is 73.8 Å². The molecule has 4 aromatic carbocycles. The number of aryl methyl sites for hydroxylation is 8. The van der Waals surface area contributed by atoms with E-state index in [1.165, 1.54) is 301 Å². The van der Waals surface area contributed by atoms with E-state index in [1.54, 1.807) is 0 Å². The standard InChI is InChI=1S/C24H38O2.2C24H42O2.C22H34O2/c1-19-17-24(26-16-14-22-11-7-4-8-12-22)20(2)18-23(19)25-15-13-21-9-5-3-6-10-21;1-7-11-13-21(9-3)17-25-23-15-20(6)24(16-19(23)5)26-18-22(10-4)14-12-8-2;1-5-7-9-11-13-15-17-25-23-19-22(4)24(20-21(23)3)26-18-16-14-12-10-8-6-2;1-17-13-22(24-16-20-11-7-4-8-12-20)18(2)14-21(17)23-15-19-9-5-3-6-10-19/h17-18,21-22H,3-16H2,1-2H3;15-16,21-22H,7-14,17-18H2,1-6H3;19-20H,5-18H2,1-4H3;13-14,19-20H,3-12,15-16H2,1-2H3. The smallest absolute Gasteiger partial charge is 0.122 e. The van der Waals surface area contributed by atoms with E-state index in [1.807, 2.05) is 0 Å². The zero-order chi connectivity index (χ0) is 73.4. The molecule has 2 atom stereocenters. The maximum Gasteiger partial charge on any atom is 0.122 e. The Morgan fingerprint density at radius 1 is 0.255 bits per heavy atom. The van der Waals surface area contributed by atoms with Gasteiger partial charge in [0.25, 0.3) is 0 Å². The Morgan fingerprint density at radius 3 is 0.765 bits per heavy atom. The fraction of sp³-hybridized carbons (Fsp3) is 0.745.